The van der Waals surface area contributed by atoms with E-state index in [0.717, 1.165) is 11.8 Å². The van der Waals surface area contributed by atoms with Gasteiger partial charge < -0.3 is 28.6 Å². The van der Waals surface area contributed by atoms with E-state index in [1.807, 2.05) is 0 Å². The number of nitrogens with one attached hydrogen (secondary N) is 1. The summed E-state index contributed by atoms with van der Waals surface area (Å²) in [6, 6.07) is 11.2. The monoisotopic (exact) mass is 438 g/mol. The maximum Gasteiger partial charge on any atom is 0.322 e. The first kappa shape index (κ1) is 23.3. The summed E-state index contributed by atoms with van der Waals surface area (Å²) in [6.45, 7) is 0.984. The van der Waals surface area contributed by atoms with Crippen molar-refractivity contribution < 1.29 is 31.6 Å². The quantitative estimate of drug-likeness (QED) is 0.569. The summed E-state index contributed by atoms with van der Waals surface area (Å²) in [6.07, 6.45) is 0.977. The number of rotatable bonds is 10. The van der Waals surface area contributed by atoms with Gasteiger partial charge >= 0.3 is 16.1 Å². The molecule has 0 atom stereocenters. The van der Waals surface area contributed by atoms with Crippen LogP contribution in [0.15, 0.2) is 42.5 Å². The van der Waals surface area contributed by atoms with E-state index in [4.69, 9.17) is 18.4 Å². The Kier molecular flexibility index (Phi) is 8.31. The molecule has 0 spiro atoms. The average Bonchev–Trinajstić information content (AvgIpc) is 2.71. The number of urea groups is 1. The van der Waals surface area contributed by atoms with E-state index in [1.165, 1.54) is 19.2 Å². The Hall–Kier alpha value is -2.98. The number of hydrogen-bond acceptors (Lipinski definition) is 7. The van der Waals surface area contributed by atoms with Crippen molar-refractivity contribution in [2.24, 2.45) is 0 Å². The molecule has 0 unspecified atom stereocenters. The van der Waals surface area contributed by atoms with Crippen LogP contribution in [0.4, 0.5) is 10.5 Å². The maximum absolute atomic E-state index is 12.9. The molecule has 1 N–H and O–H groups in total. The number of nitrogens with zero attached hydrogens (tertiary/aromatic N) is 1. The van der Waals surface area contributed by atoms with Gasteiger partial charge in [-0.2, -0.15) is 8.42 Å². The molecule has 2 aromatic carbocycles. The fraction of sp³-hybridized carbons (Fsp3) is 0.350. The second-order valence-corrected chi connectivity index (χ2v) is 7.92. The Bertz CT molecular complexity index is 946. The van der Waals surface area contributed by atoms with E-state index in [1.54, 1.807) is 49.5 Å². The molecule has 10 heteroatoms. The van der Waals surface area contributed by atoms with Gasteiger partial charge in [-0.05, 0) is 29.8 Å². The van der Waals surface area contributed by atoms with Gasteiger partial charge in [0.25, 0.3) is 0 Å². The summed E-state index contributed by atoms with van der Waals surface area (Å²) < 4.78 is 42.9. The van der Waals surface area contributed by atoms with E-state index < -0.39 is 10.1 Å². The van der Waals surface area contributed by atoms with Crippen LogP contribution >= 0.6 is 0 Å². The van der Waals surface area contributed by atoms with Crippen molar-refractivity contribution >= 4 is 21.8 Å². The Balaban J connectivity index is 2.14. The molecule has 0 aromatic heterocycles. The summed E-state index contributed by atoms with van der Waals surface area (Å²) in [5.41, 5.74) is 1.30. The number of anilines is 1. The minimum atomic E-state index is -3.60. The zero-order chi connectivity index (χ0) is 22.1. The summed E-state index contributed by atoms with van der Waals surface area (Å²) in [4.78, 5) is 14.4. The summed E-state index contributed by atoms with van der Waals surface area (Å²) in [7, 11) is 1.01. The standard InChI is InChI=1S/C20H26N2O7S/c1-26-12-11-22(14-15-5-7-16(8-6-15)29-30(4,24)25)20(23)21-18-10-9-17(27-2)13-19(18)28-3/h5-10,13H,11-12,14H2,1-4H3,(H,21,23). The molecule has 0 fully saturated rings. The third-order valence-corrected chi connectivity index (χ3v) is 4.54. The molecule has 0 saturated heterocycles. The smallest absolute Gasteiger partial charge is 0.322 e. The highest BCUT2D eigenvalue weighted by atomic mass is 32.2. The molecule has 2 rings (SSSR count). The van der Waals surface area contributed by atoms with Gasteiger partial charge in [-0.15, -0.1) is 0 Å². The highest BCUT2D eigenvalue weighted by molar-refractivity contribution is 7.86. The van der Waals surface area contributed by atoms with E-state index in [9.17, 15) is 13.2 Å². The summed E-state index contributed by atoms with van der Waals surface area (Å²) in [5.74, 6) is 1.28. The van der Waals surface area contributed by atoms with Crippen LogP contribution in [-0.4, -0.2) is 60.1 Å². The number of carbonyl (C=O) groups excluding carboxylic acids is 1. The SMILES string of the molecule is COCCN(Cc1ccc(OS(C)(=O)=O)cc1)C(=O)Nc1ccc(OC)cc1OC. The minimum absolute atomic E-state index is 0.206. The summed E-state index contributed by atoms with van der Waals surface area (Å²) >= 11 is 0. The van der Waals surface area contributed by atoms with Crippen LogP contribution in [0.1, 0.15) is 5.56 Å². The molecule has 0 bridgehead atoms. The molecule has 30 heavy (non-hydrogen) atoms. The number of methoxy groups -OCH3 is 3. The molecule has 0 radical (unpaired) electrons. The van der Waals surface area contributed by atoms with E-state index >= 15 is 0 Å². The third kappa shape index (κ3) is 7.12. The zero-order valence-corrected chi connectivity index (χ0v) is 18.2. The fourth-order valence-electron chi connectivity index (χ4n) is 2.60. The molecular formula is C20H26N2O7S. The van der Waals surface area contributed by atoms with Crippen molar-refractivity contribution in [2.45, 2.75) is 6.54 Å². The van der Waals surface area contributed by atoms with Crippen molar-refractivity contribution in [3.8, 4) is 17.2 Å². The molecular weight excluding hydrogens is 412 g/mol. The molecule has 0 aliphatic rings. The number of amides is 2. The highest BCUT2D eigenvalue weighted by Crippen LogP contribution is 2.29. The van der Waals surface area contributed by atoms with E-state index in [0.29, 0.717) is 30.3 Å². The molecule has 2 aromatic rings. The first-order valence-electron chi connectivity index (χ1n) is 9.01. The third-order valence-electron chi connectivity index (χ3n) is 4.05. The zero-order valence-electron chi connectivity index (χ0n) is 17.4. The highest BCUT2D eigenvalue weighted by Gasteiger charge is 2.17. The normalized spacial score (nSPS) is 10.9. The van der Waals surface area contributed by atoms with E-state index in [-0.39, 0.29) is 18.3 Å². The van der Waals surface area contributed by atoms with Gasteiger partial charge in [0.1, 0.15) is 17.2 Å². The van der Waals surface area contributed by atoms with Crippen LogP contribution in [0, 0.1) is 0 Å². The Morgan fingerprint density at radius 2 is 1.67 bits per heavy atom. The predicted octanol–water partition coefficient (Wildman–Crippen LogP) is 2.72. The van der Waals surface area contributed by atoms with Crippen LogP contribution in [0.2, 0.25) is 0 Å². The van der Waals surface area contributed by atoms with Crippen molar-refractivity contribution in [1.82, 2.24) is 4.90 Å². The van der Waals surface area contributed by atoms with Crippen molar-refractivity contribution in [1.29, 1.82) is 0 Å². The van der Waals surface area contributed by atoms with Gasteiger partial charge in [0.15, 0.2) is 0 Å². The van der Waals surface area contributed by atoms with E-state index in [2.05, 4.69) is 5.32 Å². The van der Waals surface area contributed by atoms with Crippen molar-refractivity contribution in [3.05, 3.63) is 48.0 Å². The second kappa shape index (κ2) is 10.7. The maximum atomic E-state index is 12.9. The lowest BCUT2D eigenvalue weighted by Crippen LogP contribution is -2.36. The van der Waals surface area contributed by atoms with Crippen LogP contribution in [-0.2, 0) is 21.4 Å². The number of hydrogen-bond donors (Lipinski definition) is 1. The predicted molar refractivity (Wildman–Crippen MR) is 113 cm³/mol. The van der Waals surface area contributed by atoms with Gasteiger partial charge in [-0.3, -0.25) is 0 Å². The second-order valence-electron chi connectivity index (χ2n) is 6.34. The van der Waals surface area contributed by atoms with Crippen molar-refractivity contribution in [3.63, 3.8) is 0 Å². The first-order chi connectivity index (χ1) is 14.3. The number of carbonyl (C=O) groups is 1. The molecule has 164 valence electrons. The van der Waals surface area contributed by atoms with Crippen LogP contribution in [0.5, 0.6) is 17.2 Å². The van der Waals surface area contributed by atoms with Gasteiger partial charge in [0.2, 0.25) is 0 Å². The molecule has 0 heterocycles. The lowest BCUT2D eigenvalue weighted by Gasteiger charge is -2.23. The first-order valence-corrected chi connectivity index (χ1v) is 10.8. The number of benzene rings is 2. The van der Waals surface area contributed by atoms with Crippen LogP contribution in [0.3, 0.4) is 0 Å². The Morgan fingerprint density at radius 3 is 2.23 bits per heavy atom. The molecule has 9 nitrogen and oxygen atoms in total. The minimum Gasteiger partial charge on any atom is -0.497 e. The largest absolute Gasteiger partial charge is 0.497 e. The van der Waals surface area contributed by atoms with Gasteiger partial charge in [0, 0.05) is 26.3 Å². The number of ether oxygens (including phenoxy) is 3. The molecule has 2 amide bonds. The molecule has 0 aliphatic carbocycles. The lowest BCUT2D eigenvalue weighted by molar-refractivity contribution is 0.153. The van der Waals surface area contributed by atoms with Crippen molar-refractivity contribution in [2.75, 3.05) is 46.1 Å². The topological polar surface area (TPSA) is 103 Å². The van der Waals surface area contributed by atoms with Crippen LogP contribution < -0.4 is 19.0 Å². The molecule has 0 aliphatic heterocycles. The lowest BCUT2D eigenvalue weighted by atomic mass is 10.2. The van der Waals surface area contributed by atoms with Gasteiger partial charge in [0.05, 0.1) is 32.8 Å². The Labute approximate surface area is 176 Å². The van der Waals surface area contributed by atoms with Crippen LogP contribution in [0.25, 0.3) is 0 Å². The fourth-order valence-corrected chi connectivity index (χ4v) is 3.06. The Morgan fingerprint density at radius 1 is 1.00 bits per heavy atom. The van der Waals surface area contributed by atoms with Gasteiger partial charge in [-0.1, -0.05) is 12.1 Å². The average molecular weight is 439 g/mol. The summed E-state index contributed by atoms with van der Waals surface area (Å²) in [5, 5.41) is 2.83. The van der Waals surface area contributed by atoms with Gasteiger partial charge in [-0.25, -0.2) is 4.79 Å². The molecule has 0 saturated carbocycles.